The number of thiophene rings is 2. The average Bonchev–Trinajstić information content (AvgIpc) is 4.08. The summed E-state index contributed by atoms with van der Waals surface area (Å²) in [5.74, 6) is -0.905. The van der Waals surface area contributed by atoms with Crippen LogP contribution in [0, 0.1) is 0 Å². The van der Waals surface area contributed by atoms with E-state index < -0.39 is 5.60 Å². The van der Waals surface area contributed by atoms with Crippen LogP contribution in [0.4, 0.5) is 14.8 Å². The van der Waals surface area contributed by atoms with Gasteiger partial charge in [0, 0.05) is 59.9 Å². The van der Waals surface area contributed by atoms with Crippen LogP contribution in [0.1, 0.15) is 68.3 Å². The third kappa shape index (κ3) is 13.2. The van der Waals surface area contributed by atoms with Gasteiger partial charge in [-0.25, -0.2) is 14.8 Å². The number of amides is 3. The minimum absolute atomic E-state index is 0.0614. The van der Waals surface area contributed by atoms with E-state index in [0.29, 0.717) is 45.8 Å². The van der Waals surface area contributed by atoms with Crippen LogP contribution in [0.25, 0.3) is 41.6 Å². The molecule has 2 aliphatic rings. The van der Waals surface area contributed by atoms with Crippen molar-refractivity contribution >= 4 is 106 Å². The van der Waals surface area contributed by atoms with Crippen molar-refractivity contribution in [3.63, 3.8) is 0 Å². The molecule has 0 radical (unpaired) electrons. The van der Waals surface area contributed by atoms with Crippen molar-refractivity contribution in [1.82, 2.24) is 30.8 Å². The lowest BCUT2D eigenvalue weighted by Crippen LogP contribution is -2.39. The van der Waals surface area contributed by atoms with Gasteiger partial charge in [0.1, 0.15) is 25.6 Å². The molecule has 0 unspecified atom stereocenters. The molecular formula is C47H56N8O8S4. The summed E-state index contributed by atoms with van der Waals surface area (Å²) in [6, 6.07) is 16.1. The first-order chi connectivity index (χ1) is 32.3. The Kier molecular flexibility index (Phi) is 17.1. The number of thiazole rings is 2. The molecule has 20 heteroatoms. The highest BCUT2D eigenvalue weighted by Crippen LogP contribution is 2.47. The first-order valence-corrected chi connectivity index (χ1v) is 25.6. The summed E-state index contributed by atoms with van der Waals surface area (Å²) in [6.07, 6.45) is 1.71. The van der Waals surface area contributed by atoms with E-state index in [-0.39, 0.29) is 55.8 Å². The van der Waals surface area contributed by atoms with E-state index in [4.69, 9.17) is 24.2 Å². The quantitative estimate of drug-likeness (QED) is 0.0356. The van der Waals surface area contributed by atoms with E-state index in [0.717, 1.165) is 81.5 Å². The van der Waals surface area contributed by atoms with Crippen LogP contribution in [-0.4, -0.2) is 103 Å². The van der Waals surface area contributed by atoms with Crippen LogP contribution in [-0.2, 0) is 59.3 Å². The van der Waals surface area contributed by atoms with Crippen LogP contribution in [0.5, 0.6) is 0 Å². The number of ether oxygens (including phenoxy) is 3. The molecule has 8 rings (SSSR count). The van der Waals surface area contributed by atoms with Crippen molar-refractivity contribution in [1.29, 1.82) is 0 Å². The third-order valence-electron chi connectivity index (χ3n) is 10.4. The molecule has 0 aliphatic carbocycles. The predicted molar refractivity (Wildman–Crippen MR) is 267 cm³/mol. The minimum Gasteiger partial charge on any atom is -0.465 e. The van der Waals surface area contributed by atoms with Gasteiger partial charge in [0.15, 0.2) is 0 Å². The molecule has 16 nitrogen and oxygen atoms in total. The Bertz CT molecular complexity index is 2650. The van der Waals surface area contributed by atoms with Crippen molar-refractivity contribution in [2.45, 2.75) is 79.0 Å². The smallest absolute Gasteiger partial charge is 0.410 e. The number of benzene rings is 2. The highest BCUT2D eigenvalue weighted by atomic mass is 32.1. The Balaban J connectivity index is 0.000000203. The van der Waals surface area contributed by atoms with Crippen LogP contribution in [0.3, 0.4) is 0 Å². The molecule has 2 aromatic carbocycles. The molecule has 5 N–H and O–H groups in total. The van der Waals surface area contributed by atoms with Gasteiger partial charge in [-0.05, 0) is 89.4 Å². The molecule has 0 atom stereocenters. The maximum Gasteiger partial charge on any atom is 0.410 e. The van der Waals surface area contributed by atoms with Crippen LogP contribution >= 0.6 is 45.3 Å². The van der Waals surface area contributed by atoms with Crippen molar-refractivity contribution in [3.05, 3.63) is 69.4 Å². The maximum atomic E-state index is 12.8. The Labute approximate surface area is 405 Å². The zero-order chi connectivity index (χ0) is 47.5. The van der Waals surface area contributed by atoms with E-state index >= 15 is 0 Å². The van der Waals surface area contributed by atoms with Gasteiger partial charge in [-0.3, -0.25) is 19.2 Å². The van der Waals surface area contributed by atoms with Crippen LogP contribution < -0.4 is 26.6 Å². The molecule has 3 amide bonds. The van der Waals surface area contributed by atoms with E-state index in [9.17, 15) is 24.0 Å². The Morgan fingerprint density at radius 3 is 1.72 bits per heavy atom. The molecular weight excluding hydrogens is 933 g/mol. The third-order valence-corrected chi connectivity index (χ3v) is 14.8. The van der Waals surface area contributed by atoms with Crippen molar-refractivity contribution < 1.29 is 38.2 Å². The summed E-state index contributed by atoms with van der Waals surface area (Å²) in [5, 5.41) is 18.8. The second-order valence-electron chi connectivity index (χ2n) is 16.5. The summed E-state index contributed by atoms with van der Waals surface area (Å²) in [6.45, 7) is 13.4. The molecule has 6 heterocycles. The van der Waals surface area contributed by atoms with E-state index in [1.54, 1.807) is 52.8 Å². The monoisotopic (exact) mass is 988 g/mol. The van der Waals surface area contributed by atoms with Gasteiger partial charge in [-0.15, -0.1) is 45.3 Å². The molecule has 4 aromatic heterocycles. The van der Waals surface area contributed by atoms with Gasteiger partial charge < -0.3 is 45.7 Å². The minimum atomic E-state index is -0.570. The number of para-hydroxylation sites is 2. The fourth-order valence-corrected chi connectivity index (χ4v) is 12.1. The summed E-state index contributed by atoms with van der Waals surface area (Å²) >= 11 is 6.35. The SMILES string of the molecule is CCOC(=O)CNCCC(=O)Nc1sc2c(c1-c1nc3ccccc3s1)CCN(C(=O)OC(C)(C)C)C2.CCOC(=O)CNCCC(=O)Nc1sc2c(c1-c1nc3ccccc3s1)CCNC2. The maximum absolute atomic E-state index is 12.8. The Morgan fingerprint density at radius 2 is 1.21 bits per heavy atom. The fourth-order valence-electron chi connectivity index (χ4n) is 7.39. The number of rotatable bonds is 16. The number of hydrogen-bond donors (Lipinski definition) is 5. The highest BCUT2D eigenvalue weighted by molar-refractivity contribution is 7.23. The fraction of sp³-hybridized carbons (Fsp3) is 0.426. The van der Waals surface area contributed by atoms with Crippen molar-refractivity contribution in [2.75, 3.05) is 63.1 Å². The van der Waals surface area contributed by atoms with Crippen LogP contribution in [0.15, 0.2) is 48.5 Å². The van der Waals surface area contributed by atoms with Crippen LogP contribution in [0.2, 0.25) is 0 Å². The zero-order valence-corrected chi connectivity index (χ0v) is 41.5. The van der Waals surface area contributed by atoms with E-state index in [1.165, 1.54) is 21.8 Å². The first-order valence-electron chi connectivity index (χ1n) is 22.3. The van der Waals surface area contributed by atoms with E-state index in [2.05, 4.69) is 32.7 Å². The van der Waals surface area contributed by atoms with Gasteiger partial charge in [-0.1, -0.05) is 24.3 Å². The molecule has 67 heavy (non-hydrogen) atoms. The molecule has 0 saturated carbocycles. The molecule has 2 aliphatic heterocycles. The lowest BCUT2D eigenvalue weighted by molar-refractivity contribution is -0.142. The molecule has 0 saturated heterocycles. The number of esters is 2. The molecule has 0 spiro atoms. The normalized spacial score (nSPS) is 13.3. The second kappa shape index (κ2) is 23.1. The van der Waals surface area contributed by atoms with Gasteiger partial charge in [0.05, 0.1) is 53.3 Å². The second-order valence-corrected chi connectivity index (χ2v) is 20.8. The number of carbonyl (C=O) groups excluding carboxylic acids is 5. The number of aromatic nitrogens is 2. The summed E-state index contributed by atoms with van der Waals surface area (Å²) in [5.41, 5.74) is 5.71. The number of nitrogens with one attached hydrogen (secondary N) is 5. The molecule has 6 aromatic rings. The van der Waals surface area contributed by atoms with Gasteiger partial charge in [0.25, 0.3) is 0 Å². The topological polar surface area (TPSA) is 202 Å². The number of hydrogen-bond acceptors (Lipinski definition) is 17. The molecule has 0 bridgehead atoms. The number of anilines is 2. The largest absolute Gasteiger partial charge is 0.465 e. The summed E-state index contributed by atoms with van der Waals surface area (Å²) < 4.78 is 17.5. The Hall–Kier alpha value is -5.35. The number of fused-ring (bicyclic) bond motifs is 4. The first kappa shape index (κ1) is 49.6. The van der Waals surface area contributed by atoms with Gasteiger partial charge >= 0.3 is 18.0 Å². The average molecular weight is 989 g/mol. The lowest BCUT2D eigenvalue weighted by atomic mass is 10.0. The summed E-state index contributed by atoms with van der Waals surface area (Å²) in [7, 11) is 0. The summed E-state index contributed by atoms with van der Waals surface area (Å²) in [4.78, 5) is 74.6. The highest BCUT2D eigenvalue weighted by Gasteiger charge is 2.32. The zero-order valence-electron chi connectivity index (χ0n) is 38.3. The van der Waals surface area contributed by atoms with Gasteiger partial charge in [-0.2, -0.15) is 0 Å². The van der Waals surface area contributed by atoms with Crippen molar-refractivity contribution in [2.24, 2.45) is 0 Å². The van der Waals surface area contributed by atoms with Crippen molar-refractivity contribution in [3.8, 4) is 21.1 Å². The van der Waals surface area contributed by atoms with E-state index in [1.807, 2.05) is 63.2 Å². The molecule has 0 fully saturated rings. The predicted octanol–water partition coefficient (Wildman–Crippen LogP) is 7.95. The Morgan fingerprint density at radius 1 is 0.701 bits per heavy atom. The standard InChI is InChI=1S/C26H32N4O5S2.C21H24N4O3S2/c1-5-34-21(32)14-27-12-10-20(31)29-24-22(23-28-17-8-6-7-9-18(17)36-23)16-11-13-30(15-19(16)37-24)25(33)35-26(2,3)4;1-2-28-18(27)12-23-10-8-17(26)25-21-19(13-7-9-22-11-16(13)30-21)20-24-14-5-3-4-6-15(14)29-20/h6-9,27H,5,10-15H2,1-4H3,(H,29,31);3-6,22-23H,2,7-12H2,1H3,(H,25,26). The number of nitrogens with zero attached hydrogens (tertiary/aromatic N) is 3. The van der Waals surface area contributed by atoms with Gasteiger partial charge in [0.2, 0.25) is 11.8 Å². The lowest BCUT2D eigenvalue weighted by Gasteiger charge is -2.30. The number of carbonyl (C=O) groups is 5. The molecule has 356 valence electrons.